The average Bonchev–Trinajstić information content (AvgIpc) is 1.64. The zero-order chi connectivity index (χ0) is 6.41. The molecule has 0 amide bonds. The third kappa shape index (κ3) is 3.63. The van der Waals surface area contributed by atoms with Gasteiger partial charge in [0.2, 0.25) is 0 Å². The molecule has 0 bridgehead atoms. The molecule has 1 saturated heterocycles. The Kier molecular flexibility index (Phi) is 4.29. The fourth-order valence-corrected chi connectivity index (χ4v) is 0.433. The molecule has 0 spiro atoms. The lowest BCUT2D eigenvalue weighted by Crippen LogP contribution is -2.39. The zero-order valence-electron chi connectivity index (χ0n) is 5.44. The highest BCUT2D eigenvalue weighted by Gasteiger charge is 2.07. The first kappa shape index (κ1) is 7.45. The van der Waals surface area contributed by atoms with Crippen LogP contribution in [-0.2, 0) is 0 Å². The Morgan fingerprint density at radius 3 is 1.88 bits per heavy atom. The Balaban J connectivity index is 0.000000145. The van der Waals surface area contributed by atoms with Gasteiger partial charge in [0.15, 0.2) is 0 Å². The van der Waals surface area contributed by atoms with E-state index in [0.717, 1.165) is 5.92 Å². The van der Waals surface area contributed by atoms with Crippen LogP contribution < -0.4 is 5.32 Å². The predicted molar refractivity (Wildman–Crippen MR) is 33.3 cm³/mol. The standard InChI is InChI=1S/C4H9N.C2H3N/c1-4-2-5-3-4;1-2-3/h4-5H,2-3H2,1H3;1H3. The molecule has 2 nitrogen and oxygen atoms in total. The van der Waals surface area contributed by atoms with Gasteiger partial charge in [0, 0.05) is 6.92 Å². The maximum atomic E-state index is 7.32. The fourth-order valence-electron chi connectivity index (χ4n) is 0.433. The molecule has 1 aliphatic rings. The average molecular weight is 112 g/mol. The molecule has 8 heavy (non-hydrogen) atoms. The van der Waals surface area contributed by atoms with E-state index >= 15 is 0 Å². The largest absolute Gasteiger partial charge is 0.316 e. The molecule has 1 aliphatic heterocycles. The van der Waals surface area contributed by atoms with Crippen molar-refractivity contribution >= 4 is 0 Å². The molecule has 1 rings (SSSR count). The summed E-state index contributed by atoms with van der Waals surface area (Å²) in [5.41, 5.74) is 0. The number of hydrogen-bond donors (Lipinski definition) is 1. The van der Waals surface area contributed by atoms with Crippen LogP contribution in [0.1, 0.15) is 13.8 Å². The van der Waals surface area contributed by atoms with Crippen LogP contribution >= 0.6 is 0 Å². The van der Waals surface area contributed by atoms with Gasteiger partial charge in [0.25, 0.3) is 0 Å². The second kappa shape index (κ2) is 4.61. The predicted octanol–water partition coefficient (Wildman–Crippen LogP) is 0.756. The van der Waals surface area contributed by atoms with Gasteiger partial charge in [-0.25, -0.2) is 0 Å². The van der Waals surface area contributed by atoms with Crippen LogP contribution in [0.2, 0.25) is 0 Å². The smallest absolute Gasteiger partial charge is 0.0587 e. The normalized spacial score (nSPS) is 17.1. The van der Waals surface area contributed by atoms with E-state index in [2.05, 4.69) is 12.2 Å². The number of nitrogens with zero attached hydrogens (tertiary/aromatic N) is 1. The second-order valence-corrected chi connectivity index (χ2v) is 1.99. The minimum Gasteiger partial charge on any atom is -0.316 e. The maximum Gasteiger partial charge on any atom is 0.0587 e. The molecule has 1 fully saturated rings. The third-order valence-electron chi connectivity index (χ3n) is 0.986. The zero-order valence-corrected chi connectivity index (χ0v) is 5.44. The van der Waals surface area contributed by atoms with Gasteiger partial charge in [0.05, 0.1) is 6.07 Å². The molecule has 0 aliphatic carbocycles. The first-order chi connectivity index (χ1) is 3.81. The highest BCUT2D eigenvalue weighted by molar-refractivity contribution is 4.68. The first-order valence-corrected chi connectivity index (χ1v) is 2.82. The quantitative estimate of drug-likeness (QED) is 0.502. The highest BCUT2D eigenvalue weighted by atomic mass is 14.9. The van der Waals surface area contributed by atoms with Crippen molar-refractivity contribution in [1.29, 1.82) is 5.26 Å². The van der Waals surface area contributed by atoms with Gasteiger partial charge in [-0.15, -0.1) is 0 Å². The van der Waals surface area contributed by atoms with Crippen LogP contribution in [0.15, 0.2) is 0 Å². The lowest BCUT2D eigenvalue weighted by molar-refractivity contribution is 0.379. The number of rotatable bonds is 0. The fraction of sp³-hybridized carbons (Fsp3) is 0.833. The molecular weight excluding hydrogens is 100 g/mol. The summed E-state index contributed by atoms with van der Waals surface area (Å²) in [6.45, 7) is 6.15. The van der Waals surface area contributed by atoms with Crippen LogP contribution in [0.5, 0.6) is 0 Å². The van der Waals surface area contributed by atoms with Crippen molar-refractivity contribution in [3.63, 3.8) is 0 Å². The second-order valence-electron chi connectivity index (χ2n) is 1.99. The van der Waals surface area contributed by atoms with Crippen molar-refractivity contribution in [3.05, 3.63) is 0 Å². The number of nitriles is 1. The summed E-state index contributed by atoms with van der Waals surface area (Å²) in [7, 11) is 0. The Hall–Kier alpha value is -0.550. The molecule has 1 heterocycles. The minimum atomic E-state index is 0.954. The topological polar surface area (TPSA) is 35.8 Å². The molecule has 0 aromatic rings. The molecule has 0 atom stereocenters. The van der Waals surface area contributed by atoms with Gasteiger partial charge in [-0.2, -0.15) is 5.26 Å². The maximum absolute atomic E-state index is 7.32. The summed E-state index contributed by atoms with van der Waals surface area (Å²) in [5.74, 6) is 0.954. The van der Waals surface area contributed by atoms with Crippen LogP contribution in [0.25, 0.3) is 0 Å². The number of hydrogen-bond acceptors (Lipinski definition) is 2. The van der Waals surface area contributed by atoms with Gasteiger partial charge in [-0.05, 0) is 19.0 Å². The van der Waals surface area contributed by atoms with Crippen LogP contribution in [0.4, 0.5) is 0 Å². The van der Waals surface area contributed by atoms with E-state index in [-0.39, 0.29) is 0 Å². The van der Waals surface area contributed by atoms with Crippen molar-refractivity contribution in [2.75, 3.05) is 13.1 Å². The molecule has 0 aromatic heterocycles. The van der Waals surface area contributed by atoms with Crippen molar-refractivity contribution in [3.8, 4) is 6.07 Å². The van der Waals surface area contributed by atoms with Crippen molar-refractivity contribution in [2.24, 2.45) is 5.92 Å². The number of nitrogens with one attached hydrogen (secondary N) is 1. The van der Waals surface area contributed by atoms with Gasteiger partial charge < -0.3 is 5.32 Å². The molecule has 0 radical (unpaired) electrons. The van der Waals surface area contributed by atoms with Gasteiger partial charge in [-0.1, -0.05) is 6.92 Å². The summed E-state index contributed by atoms with van der Waals surface area (Å²) in [6, 6.07) is 1.75. The lowest BCUT2D eigenvalue weighted by atomic mass is 10.1. The van der Waals surface area contributed by atoms with Crippen LogP contribution in [0, 0.1) is 17.2 Å². The Morgan fingerprint density at radius 1 is 1.62 bits per heavy atom. The van der Waals surface area contributed by atoms with Crippen molar-refractivity contribution in [2.45, 2.75) is 13.8 Å². The minimum absolute atomic E-state index is 0.954. The SMILES string of the molecule is CC#N.CC1CNC1. The van der Waals surface area contributed by atoms with Crippen LogP contribution in [0.3, 0.4) is 0 Å². The summed E-state index contributed by atoms with van der Waals surface area (Å²) in [4.78, 5) is 0. The third-order valence-corrected chi connectivity index (χ3v) is 0.986. The van der Waals surface area contributed by atoms with E-state index in [1.807, 2.05) is 0 Å². The summed E-state index contributed by atoms with van der Waals surface area (Å²) in [5, 5.41) is 10.5. The Bertz CT molecular complexity index is 79.0. The van der Waals surface area contributed by atoms with E-state index in [4.69, 9.17) is 5.26 Å². The molecule has 2 heteroatoms. The molecule has 0 aromatic carbocycles. The van der Waals surface area contributed by atoms with Gasteiger partial charge in [-0.3, -0.25) is 0 Å². The Morgan fingerprint density at radius 2 is 1.88 bits per heavy atom. The summed E-state index contributed by atoms with van der Waals surface area (Å²) in [6.07, 6.45) is 0. The molecule has 46 valence electrons. The van der Waals surface area contributed by atoms with E-state index in [0.29, 0.717) is 0 Å². The van der Waals surface area contributed by atoms with Crippen molar-refractivity contribution in [1.82, 2.24) is 5.32 Å². The first-order valence-electron chi connectivity index (χ1n) is 2.82. The van der Waals surface area contributed by atoms with E-state index in [1.54, 1.807) is 6.07 Å². The molecule has 0 unspecified atom stereocenters. The molecule has 0 saturated carbocycles. The highest BCUT2D eigenvalue weighted by Crippen LogP contribution is 1.96. The van der Waals surface area contributed by atoms with E-state index in [9.17, 15) is 0 Å². The summed E-state index contributed by atoms with van der Waals surface area (Å²) >= 11 is 0. The summed E-state index contributed by atoms with van der Waals surface area (Å²) < 4.78 is 0. The molecular formula is C6H12N2. The van der Waals surface area contributed by atoms with Crippen LogP contribution in [-0.4, -0.2) is 13.1 Å². The van der Waals surface area contributed by atoms with Gasteiger partial charge in [0.1, 0.15) is 0 Å². The Labute approximate surface area is 50.5 Å². The van der Waals surface area contributed by atoms with Gasteiger partial charge >= 0.3 is 0 Å². The monoisotopic (exact) mass is 112 g/mol. The van der Waals surface area contributed by atoms with E-state index < -0.39 is 0 Å². The van der Waals surface area contributed by atoms with Crippen molar-refractivity contribution < 1.29 is 0 Å². The molecule has 1 N–H and O–H groups in total. The van der Waals surface area contributed by atoms with E-state index in [1.165, 1.54) is 20.0 Å². The lowest BCUT2D eigenvalue weighted by Gasteiger charge is -2.21.